The smallest absolute Gasteiger partial charge is 0.322 e. The van der Waals surface area contributed by atoms with Crippen molar-refractivity contribution in [2.24, 2.45) is 0 Å². The molecule has 2 aromatic rings. The Morgan fingerprint density at radius 2 is 1.78 bits per heavy atom. The second-order valence-electron chi connectivity index (χ2n) is 7.74. The fourth-order valence-corrected chi connectivity index (χ4v) is 4.18. The number of rotatable bonds is 7. The third-order valence-corrected chi connectivity index (χ3v) is 5.98. The van der Waals surface area contributed by atoms with Crippen molar-refractivity contribution in [2.45, 2.75) is 12.5 Å². The molecule has 2 aliphatic heterocycles. The maximum atomic E-state index is 13.4. The summed E-state index contributed by atoms with van der Waals surface area (Å²) in [6.45, 7) is 0.917. The number of urea groups is 1. The minimum absolute atomic E-state index is 0.0693. The van der Waals surface area contributed by atoms with Gasteiger partial charge in [0.15, 0.2) is 11.5 Å². The van der Waals surface area contributed by atoms with Crippen LogP contribution in [0.15, 0.2) is 53.7 Å². The minimum Gasteiger partial charge on any atom is -0.497 e. The number of carbonyl (C=O) groups excluding carboxylic acids is 2. The second-order valence-corrected chi connectivity index (χ2v) is 7.74. The summed E-state index contributed by atoms with van der Waals surface area (Å²) in [7, 11) is 6.48. The number of methoxy groups -OCH3 is 3. The standard InChI is InChI=1S/C24H27N3O5/c1-26-18-14-27(11-10-15-8-9-19(31-3)20(12-15)32-4)23(28)21(18)22(25-24(26)29)16-6-5-7-17(13-16)30-2/h5-9,12-13,22H,10-11,14H2,1-4H3,(H,25,29). The number of ether oxygens (including phenoxy) is 3. The van der Waals surface area contributed by atoms with Crippen LogP contribution >= 0.6 is 0 Å². The van der Waals surface area contributed by atoms with Crippen LogP contribution < -0.4 is 19.5 Å². The molecule has 2 aromatic carbocycles. The van der Waals surface area contributed by atoms with Gasteiger partial charge in [0.2, 0.25) is 0 Å². The van der Waals surface area contributed by atoms with Gasteiger partial charge in [0.1, 0.15) is 5.75 Å². The zero-order valence-corrected chi connectivity index (χ0v) is 18.7. The number of nitrogens with zero attached hydrogens (tertiary/aromatic N) is 2. The van der Waals surface area contributed by atoms with Crippen molar-refractivity contribution in [3.05, 3.63) is 64.9 Å². The van der Waals surface area contributed by atoms with Crippen molar-refractivity contribution in [1.29, 1.82) is 0 Å². The Morgan fingerprint density at radius 3 is 2.50 bits per heavy atom. The Kier molecular flexibility index (Phi) is 5.94. The van der Waals surface area contributed by atoms with E-state index >= 15 is 0 Å². The Bertz CT molecular complexity index is 1080. The number of benzene rings is 2. The molecule has 4 rings (SSSR count). The lowest BCUT2D eigenvalue weighted by Crippen LogP contribution is -2.45. The van der Waals surface area contributed by atoms with Crippen LogP contribution in [0.1, 0.15) is 17.2 Å². The predicted octanol–water partition coefficient (Wildman–Crippen LogP) is 2.75. The van der Waals surface area contributed by atoms with Crippen LogP contribution in [0.3, 0.4) is 0 Å². The number of nitrogens with one attached hydrogen (secondary N) is 1. The Labute approximate surface area is 187 Å². The van der Waals surface area contributed by atoms with Crippen LogP contribution in [0, 0.1) is 0 Å². The van der Waals surface area contributed by atoms with Gasteiger partial charge in [-0.3, -0.25) is 9.69 Å². The fourth-order valence-electron chi connectivity index (χ4n) is 4.18. The molecule has 2 heterocycles. The highest BCUT2D eigenvalue weighted by Gasteiger charge is 2.42. The topological polar surface area (TPSA) is 80.3 Å². The lowest BCUT2D eigenvalue weighted by molar-refractivity contribution is -0.125. The molecule has 0 bridgehead atoms. The van der Waals surface area contributed by atoms with Crippen molar-refractivity contribution in [1.82, 2.24) is 15.1 Å². The van der Waals surface area contributed by atoms with Crippen molar-refractivity contribution in [3.63, 3.8) is 0 Å². The third kappa shape index (κ3) is 3.84. The van der Waals surface area contributed by atoms with E-state index < -0.39 is 6.04 Å². The minimum atomic E-state index is -0.512. The van der Waals surface area contributed by atoms with Gasteiger partial charge >= 0.3 is 6.03 Å². The molecular weight excluding hydrogens is 410 g/mol. The molecule has 8 heteroatoms. The van der Waals surface area contributed by atoms with E-state index in [1.54, 1.807) is 33.3 Å². The van der Waals surface area contributed by atoms with Crippen LogP contribution in [-0.2, 0) is 11.2 Å². The van der Waals surface area contributed by atoms with Crippen molar-refractivity contribution in [3.8, 4) is 17.2 Å². The van der Waals surface area contributed by atoms with Gasteiger partial charge in [-0.1, -0.05) is 18.2 Å². The molecule has 0 saturated carbocycles. The number of likely N-dealkylation sites (N-methyl/N-ethyl adjacent to an activating group) is 1. The number of carbonyl (C=O) groups is 2. The normalized spacial score (nSPS) is 17.9. The molecule has 168 valence electrons. The summed E-state index contributed by atoms with van der Waals surface area (Å²) >= 11 is 0. The molecule has 1 N–H and O–H groups in total. The van der Waals surface area contributed by atoms with Gasteiger partial charge in [-0.15, -0.1) is 0 Å². The van der Waals surface area contributed by atoms with E-state index in [0.29, 0.717) is 42.3 Å². The zero-order valence-electron chi connectivity index (χ0n) is 18.7. The molecule has 1 atom stereocenters. The third-order valence-electron chi connectivity index (χ3n) is 5.98. The van der Waals surface area contributed by atoms with E-state index in [-0.39, 0.29) is 11.9 Å². The van der Waals surface area contributed by atoms with E-state index in [4.69, 9.17) is 14.2 Å². The summed E-state index contributed by atoms with van der Waals surface area (Å²) in [6.07, 6.45) is 0.654. The van der Waals surface area contributed by atoms with Crippen molar-refractivity contribution < 1.29 is 23.8 Å². The lowest BCUT2D eigenvalue weighted by atomic mass is 9.95. The van der Waals surface area contributed by atoms with Crippen LogP contribution in [0.25, 0.3) is 0 Å². The highest BCUT2D eigenvalue weighted by atomic mass is 16.5. The molecule has 0 radical (unpaired) electrons. The van der Waals surface area contributed by atoms with Gasteiger partial charge in [0.05, 0.1) is 45.2 Å². The molecule has 8 nitrogen and oxygen atoms in total. The number of hydrogen-bond donors (Lipinski definition) is 1. The predicted molar refractivity (Wildman–Crippen MR) is 119 cm³/mol. The summed E-state index contributed by atoms with van der Waals surface area (Å²) in [5.41, 5.74) is 3.19. The van der Waals surface area contributed by atoms with Gasteiger partial charge in [0.25, 0.3) is 5.91 Å². The molecule has 0 fully saturated rings. The van der Waals surface area contributed by atoms with Crippen LogP contribution in [0.4, 0.5) is 4.79 Å². The maximum absolute atomic E-state index is 13.4. The first-order chi connectivity index (χ1) is 15.5. The maximum Gasteiger partial charge on any atom is 0.322 e. The second kappa shape index (κ2) is 8.82. The van der Waals surface area contributed by atoms with Gasteiger partial charge in [-0.2, -0.15) is 0 Å². The van der Waals surface area contributed by atoms with Crippen LogP contribution in [0.2, 0.25) is 0 Å². The molecule has 3 amide bonds. The van der Waals surface area contributed by atoms with E-state index in [2.05, 4.69) is 5.32 Å². The fraction of sp³-hybridized carbons (Fsp3) is 0.333. The number of hydrogen-bond acceptors (Lipinski definition) is 5. The van der Waals surface area contributed by atoms with E-state index in [0.717, 1.165) is 16.8 Å². The average molecular weight is 437 g/mol. The largest absolute Gasteiger partial charge is 0.497 e. The highest BCUT2D eigenvalue weighted by Crippen LogP contribution is 2.36. The quantitative estimate of drug-likeness (QED) is 0.721. The van der Waals surface area contributed by atoms with Crippen molar-refractivity contribution in [2.75, 3.05) is 41.5 Å². The van der Waals surface area contributed by atoms with Gasteiger partial charge < -0.3 is 24.4 Å². The molecule has 1 unspecified atom stereocenters. The SMILES string of the molecule is COc1cccc(C2NC(=O)N(C)C3=C2C(=O)N(CCc2ccc(OC)c(OC)c2)C3)c1. The first-order valence-corrected chi connectivity index (χ1v) is 10.4. The van der Waals surface area contributed by atoms with E-state index in [1.165, 1.54) is 4.90 Å². The zero-order chi connectivity index (χ0) is 22.8. The van der Waals surface area contributed by atoms with E-state index in [1.807, 2.05) is 42.5 Å². The van der Waals surface area contributed by atoms with Gasteiger partial charge in [0, 0.05) is 13.6 Å². The monoisotopic (exact) mass is 437 g/mol. The Hall–Kier alpha value is -3.68. The molecule has 0 aromatic heterocycles. The van der Waals surface area contributed by atoms with Crippen molar-refractivity contribution >= 4 is 11.9 Å². The summed E-state index contributed by atoms with van der Waals surface area (Å²) < 4.78 is 16.0. The molecular formula is C24H27N3O5. The Balaban J connectivity index is 1.55. The molecule has 0 saturated heterocycles. The summed E-state index contributed by atoms with van der Waals surface area (Å²) in [5.74, 6) is 1.93. The Morgan fingerprint density at radius 1 is 1.00 bits per heavy atom. The number of amides is 3. The lowest BCUT2D eigenvalue weighted by Gasteiger charge is -2.31. The first-order valence-electron chi connectivity index (χ1n) is 10.4. The van der Waals surface area contributed by atoms with Gasteiger partial charge in [-0.25, -0.2) is 4.79 Å². The summed E-state index contributed by atoms with van der Waals surface area (Å²) in [5, 5.41) is 2.95. The molecule has 0 aliphatic carbocycles. The van der Waals surface area contributed by atoms with Gasteiger partial charge in [-0.05, 0) is 41.8 Å². The first kappa shape index (κ1) is 21.5. The molecule has 32 heavy (non-hydrogen) atoms. The summed E-state index contributed by atoms with van der Waals surface area (Å²) in [6, 6.07) is 12.4. The van der Waals surface area contributed by atoms with Crippen LogP contribution in [0.5, 0.6) is 17.2 Å². The van der Waals surface area contributed by atoms with E-state index in [9.17, 15) is 9.59 Å². The highest BCUT2D eigenvalue weighted by molar-refractivity contribution is 6.01. The average Bonchev–Trinajstić information content (AvgIpc) is 3.16. The van der Waals surface area contributed by atoms with Crippen LogP contribution in [-0.4, -0.2) is 63.2 Å². The summed E-state index contributed by atoms with van der Waals surface area (Å²) in [4.78, 5) is 29.3. The molecule has 0 spiro atoms. The molecule has 2 aliphatic rings.